The predicted molar refractivity (Wildman–Crippen MR) is 70.6 cm³/mol. The Bertz CT molecular complexity index is 458. The van der Waals surface area contributed by atoms with Crippen LogP contribution in [0, 0.1) is 5.92 Å². The summed E-state index contributed by atoms with van der Waals surface area (Å²) in [5, 5.41) is 0.574. The SMILES string of the molecule is O=C(Cc1ccncc1)C1CC2CCC(C1)S2=O. The van der Waals surface area contributed by atoms with Crippen molar-refractivity contribution in [2.75, 3.05) is 0 Å². The highest BCUT2D eigenvalue weighted by Gasteiger charge is 2.42. The van der Waals surface area contributed by atoms with Gasteiger partial charge in [-0.25, -0.2) is 0 Å². The van der Waals surface area contributed by atoms with Crippen LogP contribution in [0.15, 0.2) is 24.5 Å². The van der Waals surface area contributed by atoms with Gasteiger partial charge in [0.1, 0.15) is 5.78 Å². The van der Waals surface area contributed by atoms with Gasteiger partial charge in [0.15, 0.2) is 0 Å². The molecule has 0 aliphatic carbocycles. The lowest BCUT2D eigenvalue weighted by Crippen LogP contribution is -2.32. The van der Waals surface area contributed by atoms with E-state index in [0.717, 1.165) is 31.2 Å². The average molecular weight is 263 g/mol. The van der Waals surface area contributed by atoms with Crippen molar-refractivity contribution in [1.29, 1.82) is 0 Å². The molecule has 2 unspecified atom stereocenters. The topological polar surface area (TPSA) is 47.0 Å². The zero-order valence-electron chi connectivity index (χ0n) is 10.2. The van der Waals surface area contributed by atoms with Gasteiger partial charge in [-0.2, -0.15) is 0 Å². The van der Waals surface area contributed by atoms with E-state index in [0.29, 0.717) is 12.2 Å². The molecule has 2 bridgehead atoms. The molecule has 0 radical (unpaired) electrons. The van der Waals surface area contributed by atoms with Gasteiger partial charge in [0, 0.05) is 46.0 Å². The summed E-state index contributed by atoms with van der Waals surface area (Å²) in [6, 6.07) is 3.79. The molecule has 0 saturated carbocycles. The number of aromatic nitrogens is 1. The third-order valence-electron chi connectivity index (χ3n) is 4.15. The summed E-state index contributed by atoms with van der Waals surface area (Å²) >= 11 is 0. The number of nitrogens with zero attached hydrogens (tertiary/aromatic N) is 1. The Morgan fingerprint density at radius 1 is 1.22 bits per heavy atom. The molecule has 1 aromatic rings. The average Bonchev–Trinajstić information content (AvgIpc) is 2.63. The highest BCUT2D eigenvalue weighted by atomic mass is 32.2. The van der Waals surface area contributed by atoms with Crippen LogP contribution in [-0.4, -0.2) is 25.5 Å². The Hall–Kier alpha value is -1.03. The third kappa shape index (κ3) is 2.26. The minimum atomic E-state index is -0.665. The van der Waals surface area contributed by atoms with Gasteiger partial charge in [-0.1, -0.05) is 0 Å². The molecule has 2 aliphatic rings. The van der Waals surface area contributed by atoms with Gasteiger partial charge < -0.3 is 0 Å². The van der Waals surface area contributed by atoms with Crippen LogP contribution in [0.2, 0.25) is 0 Å². The molecule has 0 amide bonds. The van der Waals surface area contributed by atoms with Crippen molar-refractivity contribution in [3.8, 4) is 0 Å². The number of carbonyl (C=O) groups excluding carboxylic acids is 1. The molecule has 1 aromatic heterocycles. The van der Waals surface area contributed by atoms with E-state index in [4.69, 9.17) is 0 Å². The monoisotopic (exact) mass is 263 g/mol. The number of ketones is 1. The van der Waals surface area contributed by atoms with Gasteiger partial charge >= 0.3 is 0 Å². The van der Waals surface area contributed by atoms with Gasteiger partial charge in [0.25, 0.3) is 0 Å². The molecule has 2 aliphatic heterocycles. The maximum atomic E-state index is 12.3. The molecule has 0 N–H and O–H groups in total. The summed E-state index contributed by atoms with van der Waals surface area (Å²) in [5.41, 5.74) is 1.04. The maximum Gasteiger partial charge on any atom is 0.140 e. The Balaban J connectivity index is 1.66. The minimum Gasteiger partial charge on any atom is -0.299 e. The molecule has 4 heteroatoms. The van der Waals surface area contributed by atoms with Crippen molar-refractivity contribution in [3.05, 3.63) is 30.1 Å². The fourth-order valence-electron chi connectivity index (χ4n) is 3.14. The molecule has 2 atom stereocenters. The fraction of sp³-hybridized carbons (Fsp3) is 0.571. The number of hydrogen-bond donors (Lipinski definition) is 0. The number of Topliss-reactive ketones (excluding diaryl/α,β-unsaturated/α-hetero) is 1. The van der Waals surface area contributed by atoms with Crippen LogP contribution >= 0.6 is 0 Å². The zero-order valence-corrected chi connectivity index (χ0v) is 11.1. The van der Waals surface area contributed by atoms with Crippen LogP contribution in [0.5, 0.6) is 0 Å². The van der Waals surface area contributed by atoms with Crippen LogP contribution in [0.1, 0.15) is 31.2 Å². The van der Waals surface area contributed by atoms with Gasteiger partial charge in [-0.15, -0.1) is 0 Å². The third-order valence-corrected chi connectivity index (χ3v) is 6.32. The first-order valence-corrected chi connectivity index (χ1v) is 7.82. The smallest absolute Gasteiger partial charge is 0.140 e. The second-order valence-electron chi connectivity index (χ2n) is 5.32. The number of fused-ring (bicyclic) bond motifs is 2. The second-order valence-corrected chi connectivity index (χ2v) is 7.31. The normalized spacial score (nSPS) is 34.4. The van der Waals surface area contributed by atoms with Crippen LogP contribution in [0.25, 0.3) is 0 Å². The highest BCUT2D eigenvalue weighted by molar-refractivity contribution is 7.86. The molecule has 2 saturated heterocycles. The quantitative estimate of drug-likeness (QED) is 0.836. The van der Waals surface area contributed by atoms with Crippen molar-refractivity contribution < 1.29 is 9.00 Å². The molecule has 3 heterocycles. The first-order valence-electron chi connectivity index (χ1n) is 6.55. The Labute approximate surface area is 109 Å². The van der Waals surface area contributed by atoms with Gasteiger partial charge in [0.05, 0.1) is 0 Å². The van der Waals surface area contributed by atoms with Crippen LogP contribution < -0.4 is 0 Å². The van der Waals surface area contributed by atoms with E-state index < -0.39 is 10.8 Å². The van der Waals surface area contributed by atoms with Crippen LogP contribution in [-0.2, 0) is 22.0 Å². The van der Waals surface area contributed by atoms with E-state index >= 15 is 0 Å². The van der Waals surface area contributed by atoms with Crippen molar-refractivity contribution in [2.24, 2.45) is 5.92 Å². The van der Waals surface area contributed by atoms with E-state index in [9.17, 15) is 9.00 Å². The van der Waals surface area contributed by atoms with E-state index in [1.54, 1.807) is 12.4 Å². The summed E-state index contributed by atoms with van der Waals surface area (Å²) in [6.07, 6.45) is 7.73. The van der Waals surface area contributed by atoms with E-state index in [-0.39, 0.29) is 16.4 Å². The molecule has 0 aromatic carbocycles. The predicted octanol–water partition coefficient (Wildman–Crippen LogP) is 1.88. The standard InChI is InChI=1S/C14H17NO2S/c16-14(7-10-3-5-15-6-4-10)11-8-12-1-2-13(9-11)18(12)17/h3-6,11-13H,1-2,7-9H2. The van der Waals surface area contributed by atoms with Crippen LogP contribution in [0.4, 0.5) is 0 Å². The van der Waals surface area contributed by atoms with Gasteiger partial charge in [-0.05, 0) is 43.4 Å². The summed E-state index contributed by atoms with van der Waals surface area (Å²) in [5.74, 6) is 0.447. The largest absolute Gasteiger partial charge is 0.299 e. The molecule has 18 heavy (non-hydrogen) atoms. The Morgan fingerprint density at radius 2 is 1.83 bits per heavy atom. The molecular weight excluding hydrogens is 246 g/mol. The Kier molecular flexibility index (Phi) is 3.29. The number of rotatable bonds is 3. The molecule has 3 nitrogen and oxygen atoms in total. The summed E-state index contributed by atoms with van der Waals surface area (Å²) in [4.78, 5) is 16.2. The fourth-order valence-corrected chi connectivity index (χ4v) is 5.27. The lowest BCUT2D eigenvalue weighted by molar-refractivity contribution is -0.122. The van der Waals surface area contributed by atoms with E-state index in [1.165, 1.54) is 0 Å². The Morgan fingerprint density at radius 3 is 2.44 bits per heavy atom. The first-order chi connectivity index (χ1) is 8.74. The lowest BCUT2D eigenvalue weighted by Gasteiger charge is -2.26. The first kappa shape index (κ1) is 12.0. The van der Waals surface area contributed by atoms with Crippen molar-refractivity contribution in [2.45, 2.75) is 42.6 Å². The maximum absolute atomic E-state index is 12.3. The van der Waals surface area contributed by atoms with Crippen LogP contribution in [0.3, 0.4) is 0 Å². The lowest BCUT2D eigenvalue weighted by atomic mass is 9.91. The molecular formula is C14H17NO2S. The van der Waals surface area contributed by atoms with Crippen molar-refractivity contribution in [3.63, 3.8) is 0 Å². The van der Waals surface area contributed by atoms with Crippen molar-refractivity contribution in [1.82, 2.24) is 4.98 Å². The van der Waals surface area contributed by atoms with E-state index in [2.05, 4.69) is 4.98 Å². The number of carbonyl (C=O) groups is 1. The second kappa shape index (κ2) is 4.92. The summed E-state index contributed by atoms with van der Waals surface area (Å²) in [6.45, 7) is 0. The molecule has 96 valence electrons. The van der Waals surface area contributed by atoms with Gasteiger partial charge in [-0.3, -0.25) is 14.0 Å². The highest BCUT2D eigenvalue weighted by Crippen LogP contribution is 2.39. The molecule has 0 spiro atoms. The van der Waals surface area contributed by atoms with Crippen molar-refractivity contribution >= 4 is 16.6 Å². The zero-order chi connectivity index (χ0) is 12.5. The summed E-state index contributed by atoms with van der Waals surface area (Å²) in [7, 11) is -0.665. The number of pyridine rings is 1. The molecule has 3 rings (SSSR count). The number of hydrogen-bond acceptors (Lipinski definition) is 3. The van der Waals surface area contributed by atoms with Gasteiger partial charge in [0.2, 0.25) is 0 Å². The van der Waals surface area contributed by atoms with E-state index in [1.807, 2.05) is 12.1 Å². The summed E-state index contributed by atoms with van der Waals surface area (Å²) < 4.78 is 11.9. The molecule has 2 fully saturated rings. The minimum absolute atomic E-state index is 0.133.